The van der Waals surface area contributed by atoms with Crippen LogP contribution in [0.3, 0.4) is 0 Å². The predicted molar refractivity (Wildman–Crippen MR) is 108 cm³/mol. The van der Waals surface area contributed by atoms with E-state index in [0.717, 1.165) is 5.56 Å². The van der Waals surface area contributed by atoms with Crippen molar-refractivity contribution >= 4 is 29.1 Å². The predicted octanol–water partition coefficient (Wildman–Crippen LogP) is 4.32. The van der Waals surface area contributed by atoms with Crippen molar-refractivity contribution in [2.45, 2.75) is 32.1 Å². The summed E-state index contributed by atoms with van der Waals surface area (Å²) in [5.41, 5.74) is 2.02. The van der Waals surface area contributed by atoms with Crippen molar-refractivity contribution in [2.75, 3.05) is 11.1 Å². The van der Waals surface area contributed by atoms with Gasteiger partial charge in [0.25, 0.3) is 0 Å². The van der Waals surface area contributed by atoms with Gasteiger partial charge in [0.15, 0.2) is 5.78 Å². The first-order chi connectivity index (χ1) is 12.4. The molecule has 0 spiro atoms. The van der Waals surface area contributed by atoms with E-state index in [1.165, 1.54) is 18.7 Å². The van der Waals surface area contributed by atoms with Gasteiger partial charge in [-0.1, -0.05) is 56.3 Å². The second-order valence-electron chi connectivity index (χ2n) is 6.55. The minimum atomic E-state index is -0.615. The Kier molecular flexibility index (Phi) is 7.42. The first kappa shape index (κ1) is 20.2. The number of thioether (sulfide) groups is 1. The molecule has 2 aromatic carbocycles. The Hall–Kier alpha value is -2.11. The zero-order valence-corrected chi connectivity index (χ0v) is 16.1. The second kappa shape index (κ2) is 9.55. The molecule has 138 valence electrons. The Morgan fingerprint density at radius 3 is 2.38 bits per heavy atom. The fourth-order valence-electron chi connectivity index (χ4n) is 2.57. The molecule has 0 aliphatic rings. The lowest BCUT2D eigenvalue weighted by molar-refractivity contribution is -0.116. The van der Waals surface area contributed by atoms with E-state index in [0.29, 0.717) is 17.0 Å². The Balaban J connectivity index is 2.01. The van der Waals surface area contributed by atoms with E-state index in [1.807, 2.05) is 44.2 Å². The van der Waals surface area contributed by atoms with Gasteiger partial charge in [-0.05, 0) is 30.5 Å². The molecule has 0 fully saturated rings. The maximum absolute atomic E-state index is 12.7. The highest BCUT2D eigenvalue weighted by Crippen LogP contribution is 2.27. The molecule has 0 aliphatic heterocycles. The van der Waals surface area contributed by atoms with E-state index in [4.69, 9.17) is 0 Å². The number of amides is 1. The van der Waals surface area contributed by atoms with Gasteiger partial charge in [-0.3, -0.25) is 9.59 Å². The molecule has 0 saturated heterocycles. The van der Waals surface area contributed by atoms with Crippen molar-refractivity contribution in [1.29, 1.82) is 0 Å². The summed E-state index contributed by atoms with van der Waals surface area (Å²) >= 11 is 1.44. The first-order valence-electron chi connectivity index (χ1n) is 8.65. The number of benzene rings is 2. The summed E-state index contributed by atoms with van der Waals surface area (Å²) in [4.78, 5) is 24.2. The minimum absolute atomic E-state index is 0.0399. The van der Waals surface area contributed by atoms with Crippen LogP contribution in [0.25, 0.3) is 0 Å². The van der Waals surface area contributed by atoms with E-state index in [2.05, 4.69) is 5.32 Å². The van der Waals surface area contributed by atoms with Gasteiger partial charge in [-0.2, -0.15) is 0 Å². The molecule has 2 rings (SSSR count). The van der Waals surface area contributed by atoms with Crippen LogP contribution in [0.15, 0.2) is 54.6 Å². The average Bonchev–Trinajstić information content (AvgIpc) is 2.62. The molecule has 0 aliphatic carbocycles. The summed E-state index contributed by atoms with van der Waals surface area (Å²) in [6, 6.07) is 16.4. The molecule has 2 unspecified atom stereocenters. The van der Waals surface area contributed by atoms with E-state index in [1.54, 1.807) is 24.3 Å². The lowest BCUT2D eigenvalue weighted by Gasteiger charge is -2.21. The highest BCUT2D eigenvalue weighted by Gasteiger charge is 2.24. The topological polar surface area (TPSA) is 66.4 Å². The van der Waals surface area contributed by atoms with Crippen molar-refractivity contribution in [1.82, 2.24) is 0 Å². The van der Waals surface area contributed by atoms with Crippen LogP contribution in [-0.2, 0) is 4.79 Å². The number of hydrogen-bond donors (Lipinski definition) is 2. The summed E-state index contributed by atoms with van der Waals surface area (Å²) in [5.74, 6) is 0.389. The number of carbonyl (C=O) groups excluding carboxylic acids is 2. The van der Waals surface area contributed by atoms with Gasteiger partial charge in [0.1, 0.15) is 0 Å². The van der Waals surface area contributed by atoms with Crippen molar-refractivity contribution in [3.8, 4) is 0 Å². The van der Waals surface area contributed by atoms with Gasteiger partial charge < -0.3 is 10.4 Å². The highest BCUT2D eigenvalue weighted by atomic mass is 32.2. The number of aliphatic hydroxyl groups excluding tert-OH is 1. The lowest BCUT2D eigenvalue weighted by Crippen LogP contribution is -2.30. The molecule has 2 atom stereocenters. The largest absolute Gasteiger partial charge is 0.388 e. The molecule has 26 heavy (non-hydrogen) atoms. The molecule has 0 bridgehead atoms. The number of Topliss-reactive ketones (excluding diaryl/α,β-unsaturated/α-hetero) is 1. The van der Waals surface area contributed by atoms with E-state index in [-0.39, 0.29) is 22.9 Å². The fraction of sp³-hybridized carbons (Fsp3) is 0.333. The molecule has 5 heteroatoms. The third-order valence-corrected chi connectivity index (χ3v) is 5.64. The molecule has 0 heterocycles. The number of anilines is 1. The highest BCUT2D eigenvalue weighted by molar-refractivity contribution is 8.00. The zero-order chi connectivity index (χ0) is 19.1. The normalized spacial score (nSPS) is 13.3. The Morgan fingerprint density at radius 2 is 1.77 bits per heavy atom. The first-order valence-corrected chi connectivity index (χ1v) is 9.70. The fourth-order valence-corrected chi connectivity index (χ4v) is 3.74. The Bertz CT molecular complexity index is 746. The van der Waals surface area contributed by atoms with Crippen LogP contribution in [0, 0.1) is 5.92 Å². The summed E-state index contributed by atoms with van der Waals surface area (Å²) in [7, 11) is 0. The molecule has 0 aromatic heterocycles. The van der Waals surface area contributed by atoms with Gasteiger partial charge in [-0.15, -0.1) is 11.8 Å². The zero-order valence-electron chi connectivity index (χ0n) is 15.3. The van der Waals surface area contributed by atoms with Crippen LogP contribution < -0.4 is 5.32 Å². The van der Waals surface area contributed by atoms with Crippen LogP contribution >= 0.6 is 11.8 Å². The molecule has 2 N–H and O–H groups in total. The quantitative estimate of drug-likeness (QED) is 0.678. The van der Waals surface area contributed by atoms with E-state index >= 15 is 0 Å². The van der Waals surface area contributed by atoms with Crippen molar-refractivity contribution < 1.29 is 14.7 Å². The standard InChI is InChI=1S/C21H25NO3S/c1-14(2)20(26-13-19(24)16-8-5-4-6-9-16)21(25)22-18-11-7-10-17(12-18)15(3)23/h4-12,14,19-20,24H,13H2,1-3H3,(H,22,25). The van der Waals surface area contributed by atoms with Crippen molar-refractivity contribution in [2.24, 2.45) is 5.92 Å². The third-order valence-electron chi connectivity index (χ3n) is 4.02. The summed E-state index contributed by atoms with van der Waals surface area (Å²) < 4.78 is 0. The van der Waals surface area contributed by atoms with E-state index < -0.39 is 6.10 Å². The van der Waals surface area contributed by atoms with Gasteiger partial charge in [0.05, 0.1) is 11.4 Å². The maximum atomic E-state index is 12.7. The molecular weight excluding hydrogens is 346 g/mol. The van der Waals surface area contributed by atoms with Crippen LogP contribution in [0.1, 0.15) is 42.8 Å². The molecule has 0 radical (unpaired) electrons. The third kappa shape index (κ3) is 5.71. The van der Waals surface area contributed by atoms with Gasteiger partial charge in [0.2, 0.25) is 5.91 Å². The SMILES string of the molecule is CC(=O)c1cccc(NC(=O)C(SCC(O)c2ccccc2)C(C)C)c1. The molecular formula is C21H25NO3S. The van der Waals surface area contributed by atoms with Crippen molar-refractivity contribution in [3.05, 3.63) is 65.7 Å². The van der Waals surface area contributed by atoms with Gasteiger partial charge in [-0.25, -0.2) is 0 Å². The molecule has 0 saturated carbocycles. The molecule has 1 amide bonds. The monoisotopic (exact) mass is 371 g/mol. The Labute approximate surface area is 159 Å². The number of ketones is 1. The van der Waals surface area contributed by atoms with Crippen LogP contribution in [0.4, 0.5) is 5.69 Å². The molecule has 4 nitrogen and oxygen atoms in total. The number of rotatable bonds is 8. The number of nitrogens with one attached hydrogen (secondary N) is 1. The Morgan fingerprint density at radius 1 is 1.08 bits per heavy atom. The van der Waals surface area contributed by atoms with Crippen LogP contribution in [0.5, 0.6) is 0 Å². The van der Waals surface area contributed by atoms with Crippen LogP contribution in [0.2, 0.25) is 0 Å². The number of hydrogen-bond acceptors (Lipinski definition) is 4. The smallest absolute Gasteiger partial charge is 0.237 e. The van der Waals surface area contributed by atoms with Crippen molar-refractivity contribution in [3.63, 3.8) is 0 Å². The number of aliphatic hydroxyl groups is 1. The average molecular weight is 372 g/mol. The minimum Gasteiger partial charge on any atom is -0.388 e. The second-order valence-corrected chi connectivity index (χ2v) is 7.73. The molecule has 2 aromatic rings. The summed E-state index contributed by atoms with van der Waals surface area (Å²) in [5, 5.41) is 12.9. The van der Waals surface area contributed by atoms with Gasteiger partial charge >= 0.3 is 0 Å². The maximum Gasteiger partial charge on any atom is 0.237 e. The van der Waals surface area contributed by atoms with Crippen LogP contribution in [-0.4, -0.2) is 27.8 Å². The number of carbonyl (C=O) groups is 2. The summed E-state index contributed by atoms with van der Waals surface area (Å²) in [6.45, 7) is 5.47. The lowest BCUT2D eigenvalue weighted by atomic mass is 10.1. The van der Waals surface area contributed by atoms with Gasteiger partial charge in [0, 0.05) is 17.0 Å². The van der Waals surface area contributed by atoms with E-state index in [9.17, 15) is 14.7 Å². The summed E-state index contributed by atoms with van der Waals surface area (Å²) in [6.07, 6.45) is -0.615.